The summed E-state index contributed by atoms with van der Waals surface area (Å²) in [5.74, 6) is 0. The Morgan fingerprint density at radius 3 is 3.00 bits per heavy atom. The standard InChI is InChI=1S/C15H16N2/c1-2-6-14-13(5-1)7-9-17-15(14)10-12-4-3-8-16-11-12/h1-6,8,11,15,17H,7,9-10H2. The Balaban J connectivity index is 1.86. The molecule has 86 valence electrons. The first-order valence-corrected chi connectivity index (χ1v) is 6.13. The zero-order chi connectivity index (χ0) is 11.5. The summed E-state index contributed by atoms with van der Waals surface area (Å²) in [6.45, 7) is 1.07. The normalized spacial score (nSPS) is 18.7. The number of hydrogen-bond acceptors (Lipinski definition) is 2. The number of fused-ring (bicyclic) bond motifs is 1. The lowest BCUT2D eigenvalue weighted by atomic mass is 9.91. The molecule has 1 aromatic heterocycles. The fourth-order valence-corrected chi connectivity index (χ4v) is 2.53. The molecule has 0 amide bonds. The van der Waals surface area contributed by atoms with Crippen LogP contribution in [0.15, 0.2) is 48.8 Å². The smallest absolute Gasteiger partial charge is 0.0364 e. The van der Waals surface area contributed by atoms with E-state index in [-0.39, 0.29) is 0 Å². The van der Waals surface area contributed by atoms with Gasteiger partial charge in [-0.05, 0) is 42.1 Å². The maximum absolute atomic E-state index is 4.18. The summed E-state index contributed by atoms with van der Waals surface area (Å²) in [5.41, 5.74) is 4.23. The van der Waals surface area contributed by atoms with E-state index in [1.807, 2.05) is 18.5 Å². The molecule has 0 fully saturated rings. The van der Waals surface area contributed by atoms with Crippen molar-refractivity contribution in [1.29, 1.82) is 0 Å². The van der Waals surface area contributed by atoms with Gasteiger partial charge >= 0.3 is 0 Å². The Morgan fingerprint density at radius 2 is 2.12 bits per heavy atom. The topological polar surface area (TPSA) is 24.9 Å². The van der Waals surface area contributed by atoms with Gasteiger partial charge in [-0.3, -0.25) is 4.98 Å². The lowest BCUT2D eigenvalue weighted by Crippen LogP contribution is -2.31. The molecule has 1 aliphatic heterocycles. The highest BCUT2D eigenvalue weighted by atomic mass is 14.9. The van der Waals surface area contributed by atoms with Gasteiger partial charge in [0.15, 0.2) is 0 Å². The van der Waals surface area contributed by atoms with Crippen LogP contribution in [0.4, 0.5) is 0 Å². The molecule has 2 heteroatoms. The van der Waals surface area contributed by atoms with E-state index in [0.717, 1.165) is 19.4 Å². The molecule has 1 unspecified atom stereocenters. The van der Waals surface area contributed by atoms with E-state index < -0.39 is 0 Å². The van der Waals surface area contributed by atoms with Crippen LogP contribution in [0.3, 0.4) is 0 Å². The van der Waals surface area contributed by atoms with Gasteiger partial charge in [0, 0.05) is 18.4 Å². The monoisotopic (exact) mass is 224 g/mol. The number of nitrogens with one attached hydrogen (secondary N) is 1. The van der Waals surface area contributed by atoms with Gasteiger partial charge in [0.05, 0.1) is 0 Å². The average molecular weight is 224 g/mol. The summed E-state index contributed by atoms with van der Waals surface area (Å²) in [6, 6.07) is 13.3. The highest BCUT2D eigenvalue weighted by molar-refractivity contribution is 5.33. The van der Waals surface area contributed by atoms with Crippen molar-refractivity contribution in [2.75, 3.05) is 6.54 Å². The largest absolute Gasteiger partial charge is 0.309 e. The molecule has 17 heavy (non-hydrogen) atoms. The van der Waals surface area contributed by atoms with Crippen LogP contribution in [-0.2, 0) is 12.8 Å². The lowest BCUT2D eigenvalue weighted by molar-refractivity contribution is 0.502. The maximum Gasteiger partial charge on any atom is 0.0364 e. The Kier molecular flexibility index (Phi) is 2.88. The van der Waals surface area contributed by atoms with E-state index in [1.54, 1.807) is 0 Å². The van der Waals surface area contributed by atoms with Crippen molar-refractivity contribution < 1.29 is 0 Å². The SMILES string of the molecule is c1cncc(CC2NCCc3ccccc32)c1. The molecular weight excluding hydrogens is 208 g/mol. The van der Waals surface area contributed by atoms with Crippen LogP contribution < -0.4 is 5.32 Å². The number of rotatable bonds is 2. The molecule has 1 atom stereocenters. The average Bonchev–Trinajstić information content (AvgIpc) is 2.40. The fourth-order valence-electron chi connectivity index (χ4n) is 2.53. The zero-order valence-corrected chi connectivity index (χ0v) is 9.76. The predicted molar refractivity (Wildman–Crippen MR) is 68.8 cm³/mol. The van der Waals surface area contributed by atoms with Crippen molar-refractivity contribution in [3.63, 3.8) is 0 Å². The van der Waals surface area contributed by atoms with E-state index in [0.29, 0.717) is 6.04 Å². The second-order valence-electron chi connectivity index (χ2n) is 4.52. The molecule has 3 rings (SSSR count). The third kappa shape index (κ3) is 2.22. The summed E-state index contributed by atoms with van der Waals surface area (Å²) < 4.78 is 0. The first-order chi connectivity index (χ1) is 8.43. The summed E-state index contributed by atoms with van der Waals surface area (Å²) in [7, 11) is 0. The molecule has 1 aromatic carbocycles. The molecule has 0 bridgehead atoms. The molecule has 2 heterocycles. The van der Waals surface area contributed by atoms with Gasteiger partial charge in [0.1, 0.15) is 0 Å². The van der Waals surface area contributed by atoms with Gasteiger partial charge < -0.3 is 5.32 Å². The predicted octanol–water partition coefficient (Wildman–Crippen LogP) is 2.51. The van der Waals surface area contributed by atoms with Gasteiger partial charge in [-0.25, -0.2) is 0 Å². The van der Waals surface area contributed by atoms with Crippen LogP contribution in [-0.4, -0.2) is 11.5 Å². The lowest BCUT2D eigenvalue weighted by Gasteiger charge is -2.26. The number of aromatic nitrogens is 1. The second-order valence-corrected chi connectivity index (χ2v) is 4.52. The van der Waals surface area contributed by atoms with Crippen LogP contribution in [0, 0.1) is 0 Å². The van der Waals surface area contributed by atoms with Gasteiger partial charge in [-0.2, -0.15) is 0 Å². The number of hydrogen-bond donors (Lipinski definition) is 1. The van der Waals surface area contributed by atoms with Gasteiger partial charge in [0.2, 0.25) is 0 Å². The minimum atomic E-state index is 0.434. The number of pyridine rings is 1. The Bertz CT molecular complexity index is 493. The molecule has 0 aliphatic carbocycles. The van der Waals surface area contributed by atoms with Crippen molar-refractivity contribution in [2.24, 2.45) is 0 Å². The minimum absolute atomic E-state index is 0.434. The van der Waals surface area contributed by atoms with Crippen molar-refractivity contribution in [2.45, 2.75) is 18.9 Å². The highest BCUT2D eigenvalue weighted by Gasteiger charge is 2.18. The number of benzene rings is 1. The summed E-state index contributed by atoms with van der Waals surface area (Å²) in [5, 5.41) is 3.60. The molecule has 0 spiro atoms. The maximum atomic E-state index is 4.18. The zero-order valence-electron chi connectivity index (χ0n) is 9.76. The van der Waals surface area contributed by atoms with E-state index >= 15 is 0 Å². The number of nitrogens with zero attached hydrogens (tertiary/aromatic N) is 1. The molecule has 0 saturated carbocycles. The molecule has 1 aliphatic rings. The Morgan fingerprint density at radius 1 is 1.18 bits per heavy atom. The van der Waals surface area contributed by atoms with Crippen molar-refractivity contribution in [3.05, 3.63) is 65.5 Å². The third-order valence-electron chi connectivity index (χ3n) is 3.38. The Labute approximate surface area is 102 Å². The van der Waals surface area contributed by atoms with E-state index in [4.69, 9.17) is 0 Å². The molecular formula is C15H16N2. The molecule has 0 saturated heterocycles. The minimum Gasteiger partial charge on any atom is -0.309 e. The van der Waals surface area contributed by atoms with E-state index in [2.05, 4.69) is 40.6 Å². The van der Waals surface area contributed by atoms with Crippen LogP contribution >= 0.6 is 0 Å². The molecule has 2 aromatic rings. The third-order valence-corrected chi connectivity index (χ3v) is 3.38. The quantitative estimate of drug-likeness (QED) is 0.847. The van der Waals surface area contributed by atoms with Crippen molar-refractivity contribution in [3.8, 4) is 0 Å². The van der Waals surface area contributed by atoms with Gasteiger partial charge in [-0.15, -0.1) is 0 Å². The molecule has 1 N–H and O–H groups in total. The second kappa shape index (κ2) is 4.68. The van der Waals surface area contributed by atoms with Crippen LogP contribution in [0.1, 0.15) is 22.7 Å². The first-order valence-electron chi connectivity index (χ1n) is 6.13. The van der Waals surface area contributed by atoms with E-state index in [1.165, 1.54) is 16.7 Å². The van der Waals surface area contributed by atoms with Gasteiger partial charge in [-0.1, -0.05) is 30.3 Å². The van der Waals surface area contributed by atoms with Crippen LogP contribution in [0.2, 0.25) is 0 Å². The molecule has 2 nitrogen and oxygen atoms in total. The Hall–Kier alpha value is -1.67. The van der Waals surface area contributed by atoms with E-state index in [9.17, 15) is 0 Å². The summed E-state index contributed by atoms with van der Waals surface area (Å²) in [4.78, 5) is 4.18. The highest BCUT2D eigenvalue weighted by Crippen LogP contribution is 2.25. The summed E-state index contributed by atoms with van der Waals surface area (Å²) in [6.07, 6.45) is 5.94. The summed E-state index contributed by atoms with van der Waals surface area (Å²) >= 11 is 0. The van der Waals surface area contributed by atoms with Crippen molar-refractivity contribution >= 4 is 0 Å². The van der Waals surface area contributed by atoms with Crippen LogP contribution in [0.5, 0.6) is 0 Å². The van der Waals surface area contributed by atoms with Crippen LogP contribution in [0.25, 0.3) is 0 Å². The fraction of sp³-hybridized carbons (Fsp3) is 0.267. The van der Waals surface area contributed by atoms with Gasteiger partial charge in [0.25, 0.3) is 0 Å². The van der Waals surface area contributed by atoms with Crippen molar-refractivity contribution in [1.82, 2.24) is 10.3 Å². The molecule has 0 radical (unpaired) electrons. The first kappa shape index (κ1) is 10.5.